The number of nitrogens with zero attached hydrogens (tertiary/aromatic N) is 1. The van der Waals surface area contributed by atoms with Crippen LogP contribution in [0.4, 0.5) is 0 Å². The molecule has 1 aliphatic rings. The van der Waals surface area contributed by atoms with Crippen LogP contribution in [-0.2, 0) is 0 Å². The first-order chi connectivity index (χ1) is 8.28. The van der Waals surface area contributed by atoms with Gasteiger partial charge in [-0.3, -0.25) is 4.90 Å². The molecular formula is C14H18N2O. The van der Waals surface area contributed by atoms with E-state index in [1.807, 2.05) is 6.07 Å². The van der Waals surface area contributed by atoms with E-state index in [4.69, 9.17) is 10.2 Å². The fraction of sp³-hybridized carbons (Fsp3) is 0.429. The molecule has 0 saturated carbocycles. The standard InChI is InChI=1S/C14H18N2O/c1-16-9-10(8-15)6-13(16)11-2-3-14-12(7-11)4-5-17-14/h2-5,7,10,13H,6,8-9,15H2,1H3. The highest BCUT2D eigenvalue weighted by atomic mass is 16.3. The molecule has 2 N–H and O–H groups in total. The predicted molar refractivity (Wildman–Crippen MR) is 68.7 cm³/mol. The van der Waals surface area contributed by atoms with Gasteiger partial charge in [0.25, 0.3) is 0 Å². The lowest BCUT2D eigenvalue weighted by Gasteiger charge is -2.19. The summed E-state index contributed by atoms with van der Waals surface area (Å²) in [5, 5.41) is 1.19. The first kappa shape index (κ1) is 10.8. The molecule has 0 radical (unpaired) electrons. The summed E-state index contributed by atoms with van der Waals surface area (Å²) >= 11 is 0. The molecule has 3 heteroatoms. The SMILES string of the molecule is CN1CC(CN)CC1c1ccc2occc2c1. The average Bonchev–Trinajstić information content (AvgIpc) is 2.93. The molecule has 0 amide bonds. The summed E-state index contributed by atoms with van der Waals surface area (Å²) in [5.74, 6) is 0.630. The summed E-state index contributed by atoms with van der Waals surface area (Å²) in [6.07, 6.45) is 2.91. The highest BCUT2D eigenvalue weighted by molar-refractivity contribution is 5.77. The molecule has 3 rings (SSSR count). The Bertz CT molecular complexity index is 520. The summed E-state index contributed by atoms with van der Waals surface area (Å²) in [6.45, 7) is 1.89. The van der Waals surface area contributed by atoms with Crippen LogP contribution >= 0.6 is 0 Å². The molecule has 2 heterocycles. The molecule has 1 aliphatic heterocycles. The van der Waals surface area contributed by atoms with Crippen molar-refractivity contribution in [2.75, 3.05) is 20.1 Å². The van der Waals surface area contributed by atoms with E-state index in [0.29, 0.717) is 12.0 Å². The van der Waals surface area contributed by atoms with Gasteiger partial charge in [-0.05, 0) is 49.7 Å². The lowest BCUT2D eigenvalue weighted by Crippen LogP contribution is -2.20. The molecule has 17 heavy (non-hydrogen) atoms. The summed E-state index contributed by atoms with van der Waals surface area (Å²) in [4.78, 5) is 2.40. The molecule has 3 nitrogen and oxygen atoms in total. The van der Waals surface area contributed by atoms with Gasteiger partial charge >= 0.3 is 0 Å². The van der Waals surface area contributed by atoms with E-state index in [1.165, 1.54) is 10.9 Å². The number of likely N-dealkylation sites (tertiary alicyclic amines) is 1. The van der Waals surface area contributed by atoms with Crippen LogP contribution < -0.4 is 5.73 Å². The summed E-state index contributed by atoms with van der Waals surface area (Å²) in [5.41, 5.74) is 8.10. The first-order valence-electron chi connectivity index (χ1n) is 6.15. The van der Waals surface area contributed by atoms with Gasteiger partial charge < -0.3 is 10.2 Å². The van der Waals surface area contributed by atoms with E-state index >= 15 is 0 Å². The molecule has 1 aromatic heterocycles. The van der Waals surface area contributed by atoms with Crippen molar-refractivity contribution in [1.82, 2.24) is 4.90 Å². The molecule has 1 fully saturated rings. The Morgan fingerprint density at radius 3 is 3.06 bits per heavy atom. The van der Waals surface area contributed by atoms with Crippen LogP contribution in [0, 0.1) is 5.92 Å². The van der Waals surface area contributed by atoms with E-state index in [1.54, 1.807) is 6.26 Å². The minimum Gasteiger partial charge on any atom is -0.464 e. The average molecular weight is 230 g/mol. The second-order valence-corrected chi connectivity index (χ2v) is 5.01. The quantitative estimate of drug-likeness (QED) is 0.861. The van der Waals surface area contributed by atoms with Crippen LogP contribution in [0.2, 0.25) is 0 Å². The van der Waals surface area contributed by atoms with Gasteiger partial charge in [0.2, 0.25) is 0 Å². The maximum absolute atomic E-state index is 5.77. The second-order valence-electron chi connectivity index (χ2n) is 5.01. The lowest BCUT2D eigenvalue weighted by molar-refractivity contribution is 0.314. The van der Waals surface area contributed by atoms with E-state index in [9.17, 15) is 0 Å². The van der Waals surface area contributed by atoms with Crippen molar-refractivity contribution in [3.63, 3.8) is 0 Å². The zero-order chi connectivity index (χ0) is 11.8. The topological polar surface area (TPSA) is 42.4 Å². The van der Waals surface area contributed by atoms with Gasteiger partial charge in [-0.15, -0.1) is 0 Å². The Balaban J connectivity index is 1.92. The molecule has 2 aromatic rings. The fourth-order valence-electron chi connectivity index (χ4n) is 2.86. The van der Waals surface area contributed by atoms with Crippen LogP contribution in [0.25, 0.3) is 11.0 Å². The fourth-order valence-corrected chi connectivity index (χ4v) is 2.86. The Labute approximate surface area is 101 Å². The van der Waals surface area contributed by atoms with Crippen LogP contribution in [-0.4, -0.2) is 25.0 Å². The molecule has 0 aliphatic carbocycles. The van der Waals surface area contributed by atoms with Crippen LogP contribution in [0.5, 0.6) is 0 Å². The van der Waals surface area contributed by atoms with E-state index in [-0.39, 0.29) is 0 Å². The van der Waals surface area contributed by atoms with Crippen molar-refractivity contribution in [2.45, 2.75) is 12.5 Å². The number of fused-ring (bicyclic) bond motifs is 1. The van der Waals surface area contributed by atoms with Gasteiger partial charge in [0.1, 0.15) is 5.58 Å². The van der Waals surface area contributed by atoms with Crippen molar-refractivity contribution in [3.8, 4) is 0 Å². The maximum Gasteiger partial charge on any atom is 0.133 e. The van der Waals surface area contributed by atoms with E-state index < -0.39 is 0 Å². The minimum atomic E-state index is 0.503. The van der Waals surface area contributed by atoms with Gasteiger partial charge in [-0.1, -0.05) is 6.07 Å². The summed E-state index contributed by atoms with van der Waals surface area (Å²) < 4.78 is 5.37. The third kappa shape index (κ3) is 1.85. The van der Waals surface area contributed by atoms with Crippen LogP contribution in [0.15, 0.2) is 34.9 Å². The third-order valence-electron chi connectivity index (χ3n) is 3.83. The lowest BCUT2D eigenvalue weighted by atomic mass is 9.99. The van der Waals surface area contributed by atoms with Gasteiger partial charge in [-0.2, -0.15) is 0 Å². The van der Waals surface area contributed by atoms with Gasteiger partial charge in [-0.25, -0.2) is 0 Å². The van der Waals surface area contributed by atoms with Crippen LogP contribution in [0.3, 0.4) is 0 Å². The number of rotatable bonds is 2. The van der Waals surface area contributed by atoms with Crippen molar-refractivity contribution in [3.05, 3.63) is 36.1 Å². The molecule has 1 aromatic carbocycles. The number of nitrogens with two attached hydrogens (primary N) is 1. The van der Waals surface area contributed by atoms with Gasteiger partial charge in [0.05, 0.1) is 6.26 Å². The monoisotopic (exact) mass is 230 g/mol. The highest BCUT2D eigenvalue weighted by Gasteiger charge is 2.29. The van der Waals surface area contributed by atoms with E-state index in [2.05, 4.69) is 30.1 Å². The molecule has 0 spiro atoms. The van der Waals surface area contributed by atoms with Gasteiger partial charge in [0.15, 0.2) is 0 Å². The second kappa shape index (κ2) is 4.17. The Kier molecular flexibility index (Phi) is 2.65. The predicted octanol–water partition coefficient (Wildman–Crippen LogP) is 2.38. The van der Waals surface area contributed by atoms with Gasteiger partial charge in [0, 0.05) is 18.0 Å². The molecule has 2 atom stereocenters. The summed E-state index contributed by atoms with van der Waals surface area (Å²) in [6, 6.07) is 9.00. The van der Waals surface area contributed by atoms with Crippen molar-refractivity contribution in [1.29, 1.82) is 0 Å². The number of hydrogen-bond donors (Lipinski definition) is 1. The third-order valence-corrected chi connectivity index (χ3v) is 3.83. The van der Waals surface area contributed by atoms with E-state index in [0.717, 1.165) is 25.1 Å². The normalized spacial score (nSPS) is 25.8. The number of hydrogen-bond acceptors (Lipinski definition) is 3. The Morgan fingerprint density at radius 2 is 2.29 bits per heavy atom. The molecule has 1 saturated heterocycles. The Hall–Kier alpha value is -1.32. The largest absolute Gasteiger partial charge is 0.464 e. The minimum absolute atomic E-state index is 0.503. The van der Waals surface area contributed by atoms with Crippen molar-refractivity contribution < 1.29 is 4.42 Å². The van der Waals surface area contributed by atoms with Crippen LogP contribution in [0.1, 0.15) is 18.0 Å². The zero-order valence-electron chi connectivity index (χ0n) is 10.1. The Morgan fingerprint density at radius 1 is 1.41 bits per heavy atom. The smallest absolute Gasteiger partial charge is 0.133 e. The molecule has 90 valence electrons. The highest BCUT2D eigenvalue weighted by Crippen LogP contribution is 2.34. The maximum atomic E-state index is 5.77. The number of benzene rings is 1. The van der Waals surface area contributed by atoms with Crippen molar-refractivity contribution >= 4 is 11.0 Å². The molecule has 0 bridgehead atoms. The van der Waals surface area contributed by atoms with Crippen molar-refractivity contribution in [2.24, 2.45) is 11.7 Å². The molecular weight excluding hydrogens is 212 g/mol. The molecule has 2 unspecified atom stereocenters. The summed E-state index contributed by atoms with van der Waals surface area (Å²) in [7, 11) is 2.18. The first-order valence-corrected chi connectivity index (χ1v) is 6.15. The number of furan rings is 1. The zero-order valence-corrected chi connectivity index (χ0v) is 10.1.